The van der Waals surface area contributed by atoms with Crippen LogP contribution in [0.15, 0.2) is 60.7 Å². The van der Waals surface area contributed by atoms with Gasteiger partial charge in [-0.2, -0.15) is 0 Å². The number of ether oxygens (including phenoxy) is 1. The Kier molecular flexibility index (Phi) is 6.50. The zero-order valence-corrected chi connectivity index (χ0v) is 17.0. The molecule has 2 atom stereocenters. The summed E-state index contributed by atoms with van der Waals surface area (Å²) < 4.78 is 44.7. The summed E-state index contributed by atoms with van der Waals surface area (Å²) in [5.41, 5.74) is 2.26. The van der Waals surface area contributed by atoms with Crippen molar-refractivity contribution in [2.24, 2.45) is 5.14 Å². The molecular formula is C21H25FN2O4S. The van der Waals surface area contributed by atoms with E-state index in [2.05, 4.69) is 0 Å². The fourth-order valence-corrected chi connectivity index (χ4v) is 4.75. The summed E-state index contributed by atoms with van der Waals surface area (Å²) in [7, 11) is -4.25. The van der Waals surface area contributed by atoms with Crippen LogP contribution < -0.4 is 5.14 Å². The minimum atomic E-state index is -4.25. The minimum absolute atomic E-state index is 0.198. The molecule has 0 saturated carbocycles. The Labute approximate surface area is 170 Å². The second-order valence-corrected chi connectivity index (χ2v) is 8.73. The van der Waals surface area contributed by atoms with E-state index in [0.717, 1.165) is 11.1 Å². The van der Waals surface area contributed by atoms with Crippen molar-refractivity contribution in [3.8, 4) is 0 Å². The van der Waals surface area contributed by atoms with Crippen LogP contribution in [0.3, 0.4) is 0 Å². The molecule has 0 aliphatic carbocycles. The van der Waals surface area contributed by atoms with Crippen LogP contribution in [-0.2, 0) is 19.8 Å². The maximum Gasteiger partial charge on any atom is 0.266 e. The number of sulfonamides is 1. The van der Waals surface area contributed by atoms with Crippen LogP contribution in [-0.4, -0.2) is 44.2 Å². The third-order valence-electron chi connectivity index (χ3n) is 4.88. The Morgan fingerprint density at radius 2 is 1.86 bits per heavy atom. The molecule has 0 radical (unpaired) electrons. The van der Waals surface area contributed by atoms with E-state index < -0.39 is 21.2 Å². The number of primary sulfonamides is 1. The van der Waals surface area contributed by atoms with E-state index in [1.54, 1.807) is 47.4 Å². The maximum absolute atomic E-state index is 13.2. The highest BCUT2D eigenvalue weighted by atomic mass is 32.2. The summed E-state index contributed by atoms with van der Waals surface area (Å²) in [5, 5.41) is 13.5. The zero-order valence-electron chi connectivity index (χ0n) is 16.2. The highest BCUT2D eigenvalue weighted by Crippen LogP contribution is 2.37. The van der Waals surface area contributed by atoms with Gasteiger partial charge in [-0.1, -0.05) is 48.5 Å². The summed E-state index contributed by atoms with van der Waals surface area (Å²) in [5.74, 6) is -0.310. The molecule has 2 aromatic rings. The van der Waals surface area contributed by atoms with Crippen molar-refractivity contribution in [2.45, 2.75) is 24.5 Å². The van der Waals surface area contributed by atoms with Crippen molar-refractivity contribution in [1.29, 1.82) is 0 Å². The molecule has 1 aliphatic rings. The minimum Gasteiger partial charge on any atom is -0.391 e. The van der Waals surface area contributed by atoms with Crippen LogP contribution >= 0.6 is 0 Å². The lowest BCUT2D eigenvalue weighted by atomic mass is 9.98. The third-order valence-corrected chi connectivity index (χ3v) is 6.27. The molecule has 2 unspecified atom stereocenters. The van der Waals surface area contributed by atoms with E-state index >= 15 is 0 Å². The van der Waals surface area contributed by atoms with E-state index in [1.165, 1.54) is 19.1 Å². The molecule has 29 heavy (non-hydrogen) atoms. The van der Waals surface area contributed by atoms with E-state index in [9.17, 15) is 17.9 Å². The van der Waals surface area contributed by atoms with E-state index in [0.29, 0.717) is 18.5 Å². The molecule has 0 bridgehead atoms. The lowest BCUT2D eigenvalue weighted by Crippen LogP contribution is -2.58. The van der Waals surface area contributed by atoms with Crippen LogP contribution in [0.2, 0.25) is 0 Å². The average Bonchev–Trinajstić information content (AvgIpc) is 2.69. The molecule has 0 spiro atoms. The van der Waals surface area contributed by atoms with Gasteiger partial charge in [0.15, 0.2) is 0 Å². The van der Waals surface area contributed by atoms with Gasteiger partial charge >= 0.3 is 0 Å². The predicted molar refractivity (Wildman–Crippen MR) is 109 cm³/mol. The second kappa shape index (κ2) is 8.73. The van der Waals surface area contributed by atoms with Crippen molar-refractivity contribution < 1.29 is 22.7 Å². The Morgan fingerprint density at radius 1 is 1.21 bits per heavy atom. The van der Waals surface area contributed by atoms with E-state index in [-0.39, 0.29) is 19.0 Å². The first-order valence-corrected chi connectivity index (χ1v) is 10.9. The van der Waals surface area contributed by atoms with Crippen molar-refractivity contribution >= 4 is 15.6 Å². The number of nitrogens with two attached hydrogens (primary N) is 1. The van der Waals surface area contributed by atoms with Gasteiger partial charge in [0, 0.05) is 18.7 Å². The molecule has 6 nitrogen and oxygen atoms in total. The summed E-state index contributed by atoms with van der Waals surface area (Å²) in [6, 6.07) is 14.7. The molecule has 3 rings (SSSR count). The van der Waals surface area contributed by atoms with Crippen molar-refractivity contribution in [3.63, 3.8) is 0 Å². The summed E-state index contributed by atoms with van der Waals surface area (Å²) in [4.78, 5) is 1.65. The Balaban J connectivity index is 1.99. The first-order valence-electron chi connectivity index (χ1n) is 9.34. The monoisotopic (exact) mass is 420 g/mol. The number of benzene rings is 2. The van der Waals surface area contributed by atoms with E-state index in [4.69, 9.17) is 9.88 Å². The molecule has 0 aromatic heterocycles. The van der Waals surface area contributed by atoms with Crippen molar-refractivity contribution in [2.75, 3.05) is 19.7 Å². The number of halogens is 1. The smallest absolute Gasteiger partial charge is 0.266 e. The molecule has 2 aromatic carbocycles. The SMILES string of the molecule is CC(O)COC(c1ccccc1)(N1CC=C(c2ccc(F)cc2)CC1)S(N)(=O)=O. The third kappa shape index (κ3) is 4.57. The van der Waals surface area contributed by atoms with Gasteiger partial charge < -0.3 is 9.84 Å². The average molecular weight is 421 g/mol. The number of hydrogen-bond donors (Lipinski definition) is 2. The first-order chi connectivity index (χ1) is 13.7. The van der Waals surface area contributed by atoms with Crippen LogP contribution in [0.1, 0.15) is 24.5 Å². The molecule has 156 valence electrons. The molecule has 1 aliphatic heterocycles. The van der Waals surface area contributed by atoms with Crippen LogP contribution in [0.25, 0.3) is 5.57 Å². The van der Waals surface area contributed by atoms with E-state index in [1.807, 2.05) is 6.08 Å². The Morgan fingerprint density at radius 3 is 2.38 bits per heavy atom. The second-order valence-electron chi connectivity index (χ2n) is 7.09. The summed E-state index contributed by atoms with van der Waals surface area (Å²) in [6.45, 7) is 1.93. The molecule has 0 saturated heterocycles. The lowest BCUT2D eigenvalue weighted by Gasteiger charge is -2.43. The van der Waals surface area contributed by atoms with Gasteiger partial charge in [-0.25, -0.2) is 17.9 Å². The molecule has 8 heteroatoms. The normalized spacial score (nSPS) is 18.7. The van der Waals surface area contributed by atoms with Crippen molar-refractivity contribution in [3.05, 3.63) is 77.6 Å². The maximum atomic E-state index is 13.2. The van der Waals surface area contributed by atoms with Gasteiger partial charge in [-0.15, -0.1) is 0 Å². The highest BCUT2D eigenvalue weighted by Gasteiger charge is 2.50. The Bertz CT molecular complexity index is 962. The summed E-state index contributed by atoms with van der Waals surface area (Å²) in [6.07, 6.45) is 1.56. The predicted octanol–water partition coefficient (Wildman–Crippen LogP) is 2.41. The topological polar surface area (TPSA) is 92.9 Å². The standard InChI is InChI=1S/C21H25FN2O4S/c1-16(25)15-28-21(29(23,26)27,19-5-3-2-4-6-19)24-13-11-18(12-14-24)17-7-9-20(22)10-8-17/h2-11,16,25H,12-15H2,1H3,(H2,23,26,27). The Hall–Kier alpha value is -2.10. The molecular weight excluding hydrogens is 395 g/mol. The van der Waals surface area contributed by atoms with Crippen molar-refractivity contribution in [1.82, 2.24) is 4.90 Å². The van der Waals surface area contributed by atoms with Crippen LogP contribution in [0, 0.1) is 5.82 Å². The quantitative estimate of drug-likeness (QED) is 0.718. The van der Waals surface area contributed by atoms with Crippen LogP contribution in [0.5, 0.6) is 0 Å². The fraction of sp³-hybridized carbons (Fsp3) is 0.333. The molecule has 3 N–H and O–H groups in total. The van der Waals surface area contributed by atoms with Gasteiger partial charge in [0.1, 0.15) is 5.82 Å². The van der Waals surface area contributed by atoms with Gasteiger partial charge in [-0.05, 0) is 36.6 Å². The largest absolute Gasteiger partial charge is 0.391 e. The van der Waals surface area contributed by atoms with Gasteiger partial charge in [-0.3, -0.25) is 4.90 Å². The zero-order chi connectivity index (χ0) is 21.1. The number of aliphatic hydroxyl groups excluding tert-OH is 1. The highest BCUT2D eigenvalue weighted by molar-refractivity contribution is 7.89. The fourth-order valence-electron chi connectivity index (χ4n) is 3.53. The molecule has 0 amide bonds. The number of aliphatic hydroxyl groups is 1. The summed E-state index contributed by atoms with van der Waals surface area (Å²) >= 11 is 0. The molecule has 0 fully saturated rings. The first kappa shape index (κ1) is 21.6. The number of hydrogen-bond acceptors (Lipinski definition) is 5. The van der Waals surface area contributed by atoms with Gasteiger partial charge in [0.2, 0.25) is 0 Å². The lowest BCUT2D eigenvalue weighted by molar-refractivity contribution is -0.117. The van der Waals surface area contributed by atoms with Gasteiger partial charge in [0.25, 0.3) is 15.1 Å². The number of nitrogens with zero attached hydrogens (tertiary/aromatic N) is 1. The van der Waals surface area contributed by atoms with Gasteiger partial charge in [0.05, 0.1) is 12.7 Å². The van der Waals surface area contributed by atoms with Crippen LogP contribution in [0.4, 0.5) is 4.39 Å². The number of rotatable bonds is 7. The molecule has 1 heterocycles.